The molecule has 6 nitrogen and oxygen atoms in total. The molecule has 2 heterocycles. The maximum absolute atomic E-state index is 9.95. The highest BCUT2D eigenvalue weighted by atomic mass is 127. The Hall–Kier alpha value is -0.120. The zero-order chi connectivity index (χ0) is 15.4. The van der Waals surface area contributed by atoms with E-state index < -0.39 is 6.10 Å². The summed E-state index contributed by atoms with van der Waals surface area (Å²) in [4.78, 5) is 4.48. The van der Waals surface area contributed by atoms with Crippen LogP contribution in [0, 0.1) is 5.92 Å². The largest absolute Gasteiger partial charge is 0.389 e. The van der Waals surface area contributed by atoms with Gasteiger partial charge in [-0.1, -0.05) is 0 Å². The van der Waals surface area contributed by atoms with Crippen molar-refractivity contribution in [1.29, 1.82) is 0 Å². The van der Waals surface area contributed by atoms with Gasteiger partial charge >= 0.3 is 0 Å². The van der Waals surface area contributed by atoms with Gasteiger partial charge in [-0.3, -0.25) is 4.99 Å². The molecule has 0 radical (unpaired) electrons. The maximum atomic E-state index is 9.95. The summed E-state index contributed by atoms with van der Waals surface area (Å²) in [7, 11) is 0. The summed E-state index contributed by atoms with van der Waals surface area (Å²) in [5.41, 5.74) is 0. The Morgan fingerprint density at radius 2 is 2.17 bits per heavy atom. The fraction of sp³-hybridized carbons (Fsp3) is 0.938. The number of nitrogens with zero attached hydrogens (tertiary/aromatic N) is 1. The van der Waals surface area contributed by atoms with E-state index in [1.54, 1.807) is 0 Å². The monoisotopic (exact) mass is 439 g/mol. The lowest BCUT2D eigenvalue weighted by Crippen LogP contribution is -2.47. The van der Waals surface area contributed by atoms with Crippen LogP contribution in [-0.2, 0) is 9.47 Å². The molecule has 7 heteroatoms. The first-order valence-electron chi connectivity index (χ1n) is 8.70. The summed E-state index contributed by atoms with van der Waals surface area (Å²) < 4.78 is 11.4. The van der Waals surface area contributed by atoms with Crippen molar-refractivity contribution in [2.24, 2.45) is 10.9 Å². The minimum atomic E-state index is -0.537. The highest BCUT2D eigenvalue weighted by molar-refractivity contribution is 14.0. The van der Waals surface area contributed by atoms with Crippen molar-refractivity contribution in [1.82, 2.24) is 10.6 Å². The van der Waals surface area contributed by atoms with Crippen molar-refractivity contribution in [3.8, 4) is 0 Å². The van der Waals surface area contributed by atoms with E-state index in [9.17, 15) is 5.11 Å². The lowest BCUT2D eigenvalue weighted by atomic mass is 9.96. The van der Waals surface area contributed by atoms with Gasteiger partial charge in [0.05, 0.1) is 37.5 Å². The number of hydrogen-bond donors (Lipinski definition) is 3. The quantitative estimate of drug-likeness (QED) is 0.302. The van der Waals surface area contributed by atoms with Crippen LogP contribution in [0.4, 0.5) is 0 Å². The Labute approximate surface area is 155 Å². The van der Waals surface area contributed by atoms with Gasteiger partial charge in [0.25, 0.3) is 0 Å². The van der Waals surface area contributed by atoms with E-state index >= 15 is 0 Å². The lowest BCUT2D eigenvalue weighted by molar-refractivity contribution is 0.0368. The molecule has 3 N–H and O–H groups in total. The summed E-state index contributed by atoms with van der Waals surface area (Å²) >= 11 is 0. The molecule has 0 aromatic carbocycles. The molecule has 2 bridgehead atoms. The molecule has 1 aliphatic carbocycles. The Morgan fingerprint density at radius 1 is 1.35 bits per heavy atom. The van der Waals surface area contributed by atoms with E-state index in [1.807, 2.05) is 6.92 Å². The molecule has 4 unspecified atom stereocenters. The van der Waals surface area contributed by atoms with Gasteiger partial charge in [0, 0.05) is 13.2 Å². The SMILES string of the molecule is CCNC(=NCC(O)COCC1CC1)NC1CC2CCC1O2.I. The third-order valence-corrected chi connectivity index (χ3v) is 4.59. The Morgan fingerprint density at radius 3 is 2.78 bits per heavy atom. The number of guanidine groups is 1. The van der Waals surface area contributed by atoms with E-state index in [0.717, 1.165) is 37.9 Å². The molecule has 4 atom stereocenters. The first-order valence-corrected chi connectivity index (χ1v) is 8.70. The van der Waals surface area contributed by atoms with E-state index in [-0.39, 0.29) is 24.0 Å². The van der Waals surface area contributed by atoms with Crippen LogP contribution in [0.5, 0.6) is 0 Å². The predicted octanol–water partition coefficient (Wildman–Crippen LogP) is 1.27. The summed E-state index contributed by atoms with van der Waals surface area (Å²) in [6.45, 7) is 4.37. The number of ether oxygens (including phenoxy) is 2. The van der Waals surface area contributed by atoms with Crippen LogP contribution in [0.3, 0.4) is 0 Å². The predicted molar refractivity (Wildman–Crippen MR) is 100 cm³/mol. The minimum Gasteiger partial charge on any atom is -0.389 e. The van der Waals surface area contributed by atoms with Crippen LogP contribution >= 0.6 is 24.0 Å². The number of halogens is 1. The third-order valence-electron chi connectivity index (χ3n) is 4.59. The van der Waals surface area contributed by atoms with Gasteiger partial charge in [-0.25, -0.2) is 0 Å². The van der Waals surface area contributed by atoms with Gasteiger partial charge in [-0.05, 0) is 44.9 Å². The minimum absolute atomic E-state index is 0. The van der Waals surface area contributed by atoms with Crippen LogP contribution in [0.2, 0.25) is 0 Å². The van der Waals surface area contributed by atoms with Crippen molar-refractivity contribution in [3.05, 3.63) is 0 Å². The summed E-state index contributed by atoms with van der Waals surface area (Å²) in [6.07, 6.45) is 6.13. The molecule has 3 aliphatic rings. The van der Waals surface area contributed by atoms with Crippen molar-refractivity contribution in [2.75, 3.05) is 26.3 Å². The Kier molecular flexibility index (Phi) is 7.84. The molecule has 0 spiro atoms. The first-order chi connectivity index (χ1) is 10.7. The van der Waals surface area contributed by atoms with Gasteiger partial charge < -0.3 is 25.2 Å². The molecule has 0 aromatic heterocycles. The zero-order valence-electron chi connectivity index (χ0n) is 13.9. The van der Waals surface area contributed by atoms with Crippen LogP contribution in [-0.4, -0.2) is 61.7 Å². The van der Waals surface area contributed by atoms with E-state index in [1.165, 1.54) is 19.3 Å². The number of fused-ring (bicyclic) bond motifs is 2. The normalized spacial score (nSPS) is 30.9. The molecular weight excluding hydrogens is 409 g/mol. The number of aliphatic hydroxyl groups excluding tert-OH is 1. The fourth-order valence-electron chi connectivity index (χ4n) is 3.19. The zero-order valence-corrected chi connectivity index (χ0v) is 16.2. The Balaban J connectivity index is 0.00000192. The van der Waals surface area contributed by atoms with Crippen LogP contribution in [0.15, 0.2) is 4.99 Å². The Bertz CT molecular complexity index is 393. The molecular formula is C16H30IN3O3. The van der Waals surface area contributed by atoms with Crippen molar-refractivity contribution < 1.29 is 14.6 Å². The van der Waals surface area contributed by atoms with Crippen LogP contribution < -0.4 is 10.6 Å². The average molecular weight is 439 g/mol. The molecule has 2 aliphatic heterocycles. The topological polar surface area (TPSA) is 75.1 Å². The lowest BCUT2D eigenvalue weighted by Gasteiger charge is -2.23. The molecule has 0 aromatic rings. The smallest absolute Gasteiger partial charge is 0.191 e. The summed E-state index contributed by atoms with van der Waals surface area (Å²) in [5, 5.41) is 16.6. The molecule has 134 valence electrons. The second kappa shape index (κ2) is 9.39. The number of rotatable bonds is 8. The highest BCUT2D eigenvalue weighted by Gasteiger charge is 2.41. The van der Waals surface area contributed by atoms with Gasteiger partial charge in [0.2, 0.25) is 0 Å². The highest BCUT2D eigenvalue weighted by Crippen LogP contribution is 2.34. The third kappa shape index (κ3) is 6.03. The van der Waals surface area contributed by atoms with Crippen molar-refractivity contribution in [3.63, 3.8) is 0 Å². The number of aliphatic imine (C=N–C) groups is 1. The van der Waals surface area contributed by atoms with E-state index in [2.05, 4.69) is 15.6 Å². The van der Waals surface area contributed by atoms with Gasteiger partial charge in [-0.2, -0.15) is 0 Å². The van der Waals surface area contributed by atoms with Crippen LogP contribution in [0.25, 0.3) is 0 Å². The second-order valence-corrected chi connectivity index (χ2v) is 6.71. The van der Waals surface area contributed by atoms with Crippen LogP contribution in [0.1, 0.15) is 39.0 Å². The molecule has 0 amide bonds. The van der Waals surface area contributed by atoms with E-state index in [4.69, 9.17) is 9.47 Å². The number of nitrogens with one attached hydrogen (secondary N) is 2. The maximum Gasteiger partial charge on any atom is 0.191 e. The van der Waals surface area contributed by atoms with Gasteiger partial charge in [-0.15, -0.1) is 24.0 Å². The van der Waals surface area contributed by atoms with Crippen molar-refractivity contribution >= 4 is 29.9 Å². The summed E-state index contributed by atoms with van der Waals surface area (Å²) in [5.74, 6) is 1.50. The standard InChI is InChI=1S/C16H29N3O3.HI/c1-2-17-16(19-14-7-13-5-6-15(14)22-13)18-8-12(20)10-21-9-11-3-4-11;/h11-15,20H,2-10H2,1H3,(H2,17,18,19);1H. The fourth-order valence-corrected chi connectivity index (χ4v) is 3.19. The number of hydrogen-bond acceptors (Lipinski definition) is 4. The van der Waals surface area contributed by atoms with E-state index in [0.29, 0.717) is 31.4 Å². The average Bonchev–Trinajstić information content (AvgIpc) is 3.09. The first kappa shape index (κ1) is 19.2. The molecule has 1 saturated carbocycles. The van der Waals surface area contributed by atoms with Gasteiger partial charge in [0.1, 0.15) is 0 Å². The van der Waals surface area contributed by atoms with Crippen molar-refractivity contribution in [2.45, 2.75) is 63.4 Å². The number of aliphatic hydroxyl groups is 1. The summed E-state index contributed by atoms with van der Waals surface area (Å²) in [6, 6.07) is 0.347. The molecule has 2 saturated heterocycles. The second-order valence-electron chi connectivity index (χ2n) is 6.71. The molecule has 3 fully saturated rings. The molecule has 23 heavy (non-hydrogen) atoms. The molecule has 3 rings (SSSR count). The van der Waals surface area contributed by atoms with Gasteiger partial charge in [0.15, 0.2) is 5.96 Å².